The van der Waals surface area contributed by atoms with E-state index in [0.717, 1.165) is 25.1 Å². The van der Waals surface area contributed by atoms with E-state index in [1.54, 1.807) is 6.20 Å². The van der Waals surface area contributed by atoms with Gasteiger partial charge in [-0.15, -0.1) is 0 Å². The summed E-state index contributed by atoms with van der Waals surface area (Å²) in [5, 5.41) is 11.8. The third-order valence-corrected chi connectivity index (χ3v) is 7.34. The van der Waals surface area contributed by atoms with Crippen LogP contribution in [0.1, 0.15) is 40.9 Å². The van der Waals surface area contributed by atoms with Crippen molar-refractivity contribution < 1.29 is 19.4 Å². The molecule has 3 aromatic rings. The number of ether oxygens (including phenoxy) is 1. The fourth-order valence-corrected chi connectivity index (χ4v) is 5.26. The van der Waals surface area contributed by atoms with Gasteiger partial charge in [-0.1, -0.05) is 24.3 Å². The molecule has 0 saturated heterocycles. The Hall–Kier alpha value is -3.41. The Morgan fingerprint density at radius 3 is 2.73 bits per heavy atom. The molecule has 0 bridgehead atoms. The molecule has 168 valence electrons. The van der Waals surface area contributed by atoms with E-state index < -0.39 is 17.8 Å². The number of aromatic nitrogens is 1. The van der Waals surface area contributed by atoms with Gasteiger partial charge < -0.3 is 14.7 Å². The van der Waals surface area contributed by atoms with Gasteiger partial charge in [-0.25, -0.2) is 4.98 Å². The number of hydrogen-bond donors (Lipinski definition) is 1. The summed E-state index contributed by atoms with van der Waals surface area (Å²) in [5.74, 6) is -1.21. The number of rotatable bonds is 8. The smallest absolute Gasteiger partial charge is 0.307 e. The lowest BCUT2D eigenvalue weighted by molar-refractivity contribution is -0.138. The number of carbonyl (C=O) groups is 2. The van der Waals surface area contributed by atoms with Gasteiger partial charge in [-0.2, -0.15) is 0 Å². The first-order valence-electron chi connectivity index (χ1n) is 11.7. The van der Waals surface area contributed by atoms with E-state index in [4.69, 9.17) is 4.74 Å². The number of methoxy groups -OCH3 is 1. The Morgan fingerprint density at radius 2 is 2.00 bits per heavy atom. The number of nitrogens with zero attached hydrogens (tertiary/aromatic N) is 2. The summed E-state index contributed by atoms with van der Waals surface area (Å²) in [7, 11) is 1.53. The van der Waals surface area contributed by atoms with Crippen molar-refractivity contribution in [2.75, 3.05) is 18.6 Å². The van der Waals surface area contributed by atoms with Gasteiger partial charge in [0.05, 0.1) is 24.9 Å². The van der Waals surface area contributed by atoms with Gasteiger partial charge in [0.25, 0.3) is 0 Å². The first-order valence-corrected chi connectivity index (χ1v) is 11.7. The lowest BCUT2D eigenvalue weighted by Gasteiger charge is -2.28. The van der Waals surface area contributed by atoms with Crippen LogP contribution in [0.3, 0.4) is 0 Å². The maximum atomic E-state index is 12.9. The number of benzene rings is 2. The Bertz CT molecular complexity index is 1300. The number of aliphatic carboxylic acids is 1. The minimum Gasteiger partial charge on any atom is -0.494 e. The average Bonchev–Trinajstić information content (AvgIpc) is 3.75. The molecule has 6 nitrogen and oxygen atoms in total. The second kappa shape index (κ2) is 7.58. The van der Waals surface area contributed by atoms with Gasteiger partial charge in [-0.05, 0) is 66.0 Å². The molecule has 2 atom stereocenters. The largest absolute Gasteiger partial charge is 0.494 e. The molecule has 6 rings (SSSR count). The average molecular weight is 443 g/mol. The molecule has 0 spiro atoms. The van der Waals surface area contributed by atoms with Crippen LogP contribution in [0.15, 0.2) is 42.6 Å². The normalized spacial score (nSPS) is 20.6. The quantitative estimate of drug-likeness (QED) is 0.505. The van der Waals surface area contributed by atoms with Crippen molar-refractivity contribution in [3.05, 3.63) is 59.4 Å². The molecule has 1 heterocycles. The number of carboxylic acids is 1. The summed E-state index contributed by atoms with van der Waals surface area (Å²) >= 11 is 0. The number of ketones is 1. The van der Waals surface area contributed by atoms with Crippen LogP contribution in [0.25, 0.3) is 10.8 Å². The number of pyridine rings is 1. The molecule has 6 heteroatoms. The van der Waals surface area contributed by atoms with Crippen LogP contribution in [-0.2, 0) is 17.6 Å². The van der Waals surface area contributed by atoms with Crippen LogP contribution >= 0.6 is 0 Å². The highest BCUT2D eigenvalue weighted by molar-refractivity contribution is 6.03. The molecule has 2 saturated carbocycles. The summed E-state index contributed by atoms with van der Waals surface area (Å²) in [5.41, 5.74) is 5.12. The highest BCUT2D eigenvalue weighted by Crippen LogP contribution is 2.45. The Kier molecular flexibility index (Phi) is 4.64. The number of carboxylic acid groups (broad SMARTS) is 1. The van der Waals surface area contributed by atoms with E-state index in [-0.39, 0.29) is 11.5 Å². The first-order chi connectivity index (χ1) is 16.0. The van der Waals surface area contributed by atoms with Gasteiger partial charge in [0, 0.05) is 24.2 Å². The molecule has 1 N–H and O–H groups in total. The van der Waals surface area contributed by atoms with Crippen LogP contribution in [0, 0.1) is 17.8 Å². The number of Topliss-reactive ketones (excluding diaryl/α,β-unsaturated/α-hetero) is 1. The van der Waals surface area contributed by atoms with Crippen LogP contribution in [0.2, 0.25) is 0 Å². The second-order valence-corrected chi connectivity index (χ2v) is 9.53. The fraction of sp³-hybridized carbons (Fsp3) is 0.370. The second-order valence-electron chi connectivity index (χ2n) is 9.53. The lowest BCUT2D eigenvalue weighted by Crippen LogP contribution is -2.22. The molecule has 3 aliphatic carbocycles. The minimum absolute atomic E-state index is 0.228. The summed E-state index contributed by atoms with van der Waals surface area (Å²) < 4.78 is 5.57. The molecule has 0 aliphatic heterocycles. The molecule has 2 fully saturated rings. The van der Waals surface area contributed by atoms with Gasteiger partial charge in [0.1, 0.15) is 11.4 Å². The van der Waals surface area contributed by atoms with E-state index in [9.17, 15) is 14.7 Å². The van der Waals surface area contributed by atoms with Crippen molar-refractivity contribution in [1.82, 2.24) is 4.98 Å². The van der Waals surface area contributed by atoms with Crippen molar-refractivity contribution in [1.29, 1.82) is 0 Å². The third-order valence-electron chi connectivity index (χ3n) is 7.34. The summed E-state index contributed by atoms with van der Waals surface area (Å²) in [6.07, 6.45) is 6.65. The van der Waals surface area contributed by atoms with Crippen molar-refractivity contribution in [3.8, 4) is 5.75 Å². The van der Waals surface area contributed by atoms with Crippen molar-refractivity contribution in [3.63, 3.8) is 0 Å². The molecule has 1 aromatic heterocycles. The maximum Gasteiger partial charge on any atom is 0.307 e. The molecular weight excluding hydrogens is 416 g/mol. The van der Waals surface area contributed by atoms with E-state index in [0.29, 0.717) is 18.1 Å². The van der Waals surface area contributed by atoms with Crippen LogP contribution < -0.4 is 9.64 Å². The zero-order chi connectivity index (χ0) is 22.7. The number of hydrogen-bond acceptors (Lipinski definition) is 5. The third kappa shape index (κ3) is 3.45. The van der Waals surface area contributed by atoms with E-state index in [2.05, 4.69) is 40.2 Å². The van der Waals surface area contributed by atoms with Gasteiger partial charge in [0.2, 0.25) is 0 Å². The number of carbonyl (C=O) groups excluding carboxylic acids is 1. The molecular formula is C27H26N2O4. The Labute approximate surface area is 192 Å². The predicted octanol–water partition coefficient (Wildman–Crippen LogP) is 4.79. The summed E-state index contributed by atoms with van der Waals surface area (Å²) in [6.45, 7) is 0.905. The molecule has 2 aromatic carbocycles. The van der Waals surface area contributed by atoms with E-state index >= 15 is 0 Å². The number of anilines is 2. The van der Waals surface area contributed by atoms with Crippen molar-refractivity contribution in [2.45, 2.75) is 32.1 Å². The molecule has 2 unspecified atom stereocenters. The van der Waals surface area contributed by atoms with Crippen molar-refractivity contribution in [2.24, 2.45) is 17.8 Å². The Morgan fingerprint density at radius 1 is 1.15 bits per heavy atom. The predicted molar refractivity (Wildman–Crippen MR) is 125 cm³/mol. The van der Waals surface area contributed by atoms with Crippen molar-refractivity contribution >= 4 is 33.9 Å². The SMILES string of the molecule is COc1cc(N(CC2CC2)c2ccc3cccc4c3c2CC4)cnc1C(=O)C1CC1C(=O)O. The van der Waals surface area contributed by atoms with Crippen LogP contribution in [0.5, 0.6) is 5.75 Å². The monoisotopic (exact) mass is 442 g/mol. The number of aryl methyl sites for hydroxylation is 2. The topological polar surface area (TPSA) is 79.7 Å². The lowest BCUT2D eigenvalue weighted by atomic mass is 10.0. The summed E-state index contributed by atoms with van der Waals surface area (Å²) in [4.78, 5) is 30.9. The highest BCUT2D eigenvalue weighted by atomic mass is 16.5. The summed E-state index contributed by atoms with van der Waals surface area (Å²) in [6, 6.07) is 12.8. The maximum absolute atomic E-state index is 12.9. The molecule has 0 amide bonds. The molecule has 3 aliphatic rings. The van der Waals surface area contributed by atoms with Gasteiger partial charge in [0.15, 0.2) is 5.78 Å². The standard InChI is InChI=1S/C27H26N2O4/c1-33-23-11-18(13-28-25(23)26(30)20-12-21(20)27(31)32)29(14-15-5-6-15)22-10-8-17-4-2-3-16-7-9-19(22)24(16)17/h2-4,8,10-11,13,15,20-21H,5-7,9,12,14H2,1H3,(H,31,32). The molecule has 33 heavy (non-hydrogen) atoms. The van der Waals surface area contributed by atoms with Gasteiger partial charge in [-0.3, -0.25) is 9.59 Å². The first kappa shape index (κ1) is 20.2. The molecule has 0 radical (unpaired) electrons. The highest BCUT2D eigenvalue weighted by Gasteiger charge is 2.49. The minimum atomic E-state index is -0.923. The Balaban J connectivity index is 1.40. The zero-order valence-electron chi connectivity index (χ0n) is 18.6. The fourth-order valence-electron chi connectivity index (χ4n) is 5.26. The van der Waals surface area contributed by atoms with E-state index in [1.165, 1.54) is 47.5 Å². The van der Waals surface area contributed by atoms with Crippen LogP contribution in [0.4, 0.5) is 11.4 Å². The van der Waals surface area contributed by atoms with E-state index in [1.807, 2.05) is 6.07 Å². The van der Waals surface area contributed by atoms with Gasteiger partial charge >= 0.3 is 5.97 Å². The van der Waals surface area contributed by atoms with Crippen LogP contribution in [-0.4, -0.2) is 35.5 Å². The zero-order valence-corrected chi connectivity index (χ0v) is 18.6.